The summed E-state index contributed by atoms with van der Waals surface area (Å²) in [7, 11) is -3.50. The second-order valence-corrected chi connectivity index (χ2v) is 9.67. The van der Waals surface area contributed by atoms with Crippen molar-refractivity contribution in [3.05, 3.63) is 51.2 Å². The molecule has 3 rings (SSSR count). The SMILES string of the molecule is Cc1cc(C)c(S(=O)(=O)NCC2(c3cccs3)CCCC2)c(C)c1. The largest absolute Gasteiger partial charge is 0.241 e. The number of nitrogens with one attached hydrogen (secondary N) is 1. The first-order chi connectivity index (χ1) is 11.3. The van der Waals surface area contributed by atoms with Crippen LogP contribution in [0.4, 0.5) is 0 Å². The summed E-state index contributed by atoms with van der Waals surface area (Å²) in [6.45, 7) is 6.23. The fourth-order valence-electron chi connectivity index (χ4n) is 4.04. The third-order valence-electron chi connectivity index (χ3n) is 5.08. The maximum absolute atomic E-state index is 12.9. The maximum Gasteiger partial charge on any atom is 0.241 e. The summed E-state index contributed by atoms with van der Waals surface area (Å²) < 4.78 is 28.8. The molecular weight excluding hydrogens is 338 g/mol. The van der Waals surface area contributed by atoms with Gasteiger partial charge < -0.3 is 0 Å². The normalized spacial score (nSPS) is 17.3. The van der Waals surface area contributed by atoms with Gasteiger partial charge in [-0.2, -0.15) is 0 Å². The van der Waals surface area contributed by atoms with Gasteiger partial charge in [-0.05, 0) is 56.2 Å². The van der Waals surface area contributed by atoms with E-state index in [1.165, 1.54) is 17.7 Å². The molecule has 1 aromatic heterocycles. The molecule has 1 aliphatic rings. The standard InChI is InChI=1S/C19H25NO2S2/c1-14-11-15(2)18(16(3)12-14)24(21,22)20-13-19(8-4-5-9-19)17-7-6-10-23-17/h6-7,10-12,20H,4-5,8-9,13H2,1-3H3. The molecule has 1 heterocycles. The highest BCUT2D eigenvalue weighted by Crippen LogP contribution is 2.42. The van der Waals surface area contributed by atoms with Gasteiger partial charge in [0.2, 0.25) is 10.0 Å². The molecule has 0 aliphatic heterocycles. The summed E-state index contributed by atoms with van der Waals surface area (Å²) in [5, 5.41) is 2.08. The highest BCUT2D eigenvalue weighted by atomic mass is 32.2. The molecular formula is C19H25NO2S2. The second-order valence-electron chi connectivity index (χ2n) is 7.02. The van der Waals surface area contributed by atoms with Gasteiger partial charge in [-0.1, -0.05) is 36.6 Å². The maximum atomic E-state index is 12.9. The zero-order chi connectivity index (χ0) is 17.4. The third kappa shape index (κ3) is 3.30. The highest BCUT2D eigenvalue weighted by molar-refractivity contribution is 7.89. The number of hydrogen-bond donors (Lipinski definition) is 1. The van der Waals surface area contributed by atoms with Crippen LogP contribution in [0.1, 0.15) is 47.3 Å². The van der Waals surface area contributed by atoms with Crippen molar-refractivity contribution in [1.29, 1.82) is 0 Å². The summed E-state index contributed by atoms with van der Waals surface area (Å²) in [5.41, 5.74) is 2.69. The number of benzene rings is 1. The molecule has 5 heteroatoms. The predicted molar refractivity (Wildman–Crippen MR) is 100 cm³/mol. The van der Waals surface area contributed by atoms with Crippen LogP contribution >= 0.6 is 11.3 Å². The summed E-state index contributed by atoms with van der Waals surface area (Å²) in [6, 6.07) is 8.08. The van der Waals surface area contributed by atoms with E-state index in [1.54, 1.807) is 11.3 Å². The summed E-state index contributed by atoms with van der Waals surface area (Å²) >= 11 is 1.74. The Morgan fingerprint density at radius 2 is 1.75 bits per heavy atom. The van der Waals surface area contributed by atoms with Gasteiger partial charge in [0, 0.05) is 16.8 Å². The van der Waals surface area contributed by atoms with E-state index < -0.39 is 10.0 Å². The number of thiophene rings is 1. The number of rotatable bonds is 5. The molecule has 1 saturated carbocycles. The lowest BCUT2D eigenvalue weighted by Crippen LogP contribution is -2.38. The molecule has 0 atom stereocenters. The quantitative estimate of drug-likeness (QED) is 0.852. The van der Waals surface area contributed by atoms with Crippen LogP contribution in [-0.2, 0) is 15.4 Å². The van der Waals surface area contributed by atoms with E-state index in [9.17, 15) is 8.42 Å². The Balaban J connectivity index is 1.88. The van der Waals surface area contributed by atoms with E-state index in [0.717, 1.165) is 29.5 Å². The van der Waals surface area contributed by atoms with Gasteiger partial charge in [0.05, 0.1) is 4.90 Å². The van der Waals surface area contributed by atoms with Crippen molar-refractivity contribution in [2.45, 2.75) is 56.8 Å². The van der Waals surface area contributed by atoms with E-state index in [2.05, 4.69) is 22.2 Å². The minimum atomic E-state index is -3.50. The van der Waals surface area contributed by atoms with Crippen molar-refractivity contribution >= 4 is 21.4 Å². The van der Waals surface area contributed by atoms with Crippen molar-refractivity contribution in [3.63, 3.8) is 0 Å². The monoisotopic (exact) mass is 363 g/mol. The van der Waals surface area contributed by atoms with Crippen LogP contribution in [0.5, 0.6) is 0 Å². The Hall–Kier alpha value is -1.17. The van der Waals surface area contributed by atoms with Crippen LogP contribution in [0, 0.1) is 20.8 Å². The minimum absolute atomic E-state index is 0.0340. The highest BCUT2D eigenvalue weighted by Gasteiger charge is 2.37. The van der Waals surface area contributed by atoms with Gasteiger partial charge >= 0.3 is 0 Å². The van der Waals surface area contributed by atoms with E-state index in [0.29, 0.717) is 11.4 Å². The molecule has 0 unspecified atom stereocenters. The summed E-state index contributed by atoms with van der Waals surface area (Å²) in [4.78, 5) is 1.74. The van der Waals surface area contributed by atoms with Crippen molar-refractivity contribution in [2.75, 3.05) is 6.54 Å². The smallest absolute Gasteiger partial charge is 0.210 e. The van der Waals surface area contributed by atoms with Crippen LogP contribution in [-0.4, -0.2) is 15.0 Å². The van der Waals surface area contributed by atoms with E-state index in [-0.39, 0.29) is 5.41 Å². The van der Waals surface area contributed by atoms with Crippen molar-refractivity contribution in [1.82, 2.24) is 4.72 Å². The van der Waals surface area contributed by atoms with Crippen LogP contribution in [0.3, 0.4) is 0 Å². The minimum Gasteiger partial charge on any atom is -0.210 e. The topological polar surface area (TPSA) is 46.2 Å². The number of hydrogen-bond acceptors (Lipinski definition) is 3. The van der Waals surface area contributed by atoms with Gasteiger partial charge in [0.1, 0.15) is 0 Å². The second kappa shape index (κ2) is 6.62. The Morgan fingerprint density at radius 3 is 2.29 bits per heavy atom. The van der Waals surface area contributed by atoms with Gasteiger partial charge in [-0.15, -0.1) is 11.3 Å². The molecule has 2 aromatic rings. The fourth-order valence-corrected chi connectivity index (χ4v) is 6.60. The Bertz CT molecular complexity index is 794. The van der Waals surface area contributed by atoms with E-state index >= 15 is 0 Å². The summed E-state index contributed by atoms with van der Waals surface area (Å²) in [6.07, 6.45) is 4.45. The molecule has 1 N–H and O–H groups in total. The average Bonchev–Trinajstić information content (AvgIpc) is 3.16. The molecule has 1 aromatic carbocycles. The Morgan fingerprint density at radius 1 is 1.12 bits per heavy atom. The molecule has 130 valence electrons. The molecule has 0 saturated heterocycles. The lowest BCUT2D eigenvalue weighted by molar-refractivity contribution is 0.440. The molecule has 0 radical (unpaired) electrons. The van der Waals surface area contributed by atoms with Gasteiger partial charge in [-0.3, -0.25) is 0 Å². The first-order valence-corrected chi connectivity index (χ1v) is 10.8. The molecule has 1 aliphatic carbocycles. The lowest BCUT2D eigenvalue weighted by atomic mass is 9.85. The molecule has 0 amide bonds. The molecule has 0 bridgehead atoms. The van der Waals surface area contributed by atoms with Crippen molar-refractivity contribution in [3.8, 4) is 0 Å². The lowest BCUT2D eigenvalue weighted by Gasteiger charge is -2.28. The molecule has 1 fully saturated rings. The van der Waals surface area contributed by atoms with Gasteiger partial charge in [-0.25, -0.2) is 13.1 Å². The van der Waals surface area contributed by atoms with E-state index in [1.807, 2.05) is 32.9 Å². The average molecular weight is 364 g/mol. The Labute approximate surface area is 149 Å². The van der Waals surface area contributed by atoms with E-state index in [4.69, 9.17) is 0 Å². The summed E-state index contributed by atoms with van der Waals surface area (Å²) in [5.74, 6) is 0. The zero-order valence-electron chi connectivity index (χ0n) is 14.6. The number of aryl methyl sites for hydroxylation is 3. The predicted octanol–water partition coefficient (Wildman–Crippen LogP) is 4.46. The Kier molecular flexibility index (Phi) is 4.87. The van der Waals surface area contributed by atoms with Crippen LogP contribution < -0.4 is 4.72 Å². The van der Waals surface area contributed by atoms with Crippen molar-refractivity contribution in [2.24, 2.45) is 0 Å². The molecule has 0 spiro atoms. The van der Waals surface area contributed by atoms with Crippen molar-refractivity contribution < 1.29 is 8.42 Å². The molecule has 24 heavy (non-hydrogen) atoms. The van der Waals surface area contributed by atoms with Gasteiger partial charge in [0.25, 0.3) is 0 Å². The third-order valence-corrected chi connectivity index (χ3v) is 7.90. The van der Waals surface area contributed by atoms with Crippen LogP contribution in [0.25, 0.3) is 0 Å². The number of sulfonamides is 1. The fraction of sp³-hybridized carbons (Fsp3) is 0.474. The van der Waals surface area contributed by atoms with Gasteiger partial charge in [0.15, 0.2) is 0 Å². The zero-order valence-corrected chi connectivity index (χ0v) is 16.2. The van der Waals surface area contributed by atoms with Crippen LogP contribution in [0.2, 0.25) is 0 Å². The first kappa shape index (κ1) is 17.6. The first-order valence-electron chi connectivity index (χ1n) is 8.46. The van der Waals surface area contributed by atoms with Crippen LogP contribution in [0.15, 0.2) is 34.5 Å². The molecule has 3 nitrogen and oxygen atoms in total.